The zero-order chi connectivity index (χ0) is 18.8. The summed E-state index contributed by atoms with van der Waals surface area (Å²) in [6.07, 6.45) is 1.24. The zero-order valence-corrected chi connectivity index (χ0v) is 14.7. The van der Waals surface area contributed by atoms with Crippen molar-refractivity contribution in [3.05, 3.63) is 30.3 Å². The summed E-state index contributed by atoms with van der Waals surface area (Å²) < 4.78 is 20.5. The second-order valence-corrected chi connectivity index (χ2v) is 5.80. The maximum Gasteiger partial charge on any atom is 0.313 e. The zero-order valence-electron chi connectivity index (χ0n) is 14.7. The van der Waals surface area contributed by atoms with Crippen LogP contribution in [0.3, 0.4) is 0 Å². The summed E-state index contributed by atoms with van der Waals surface area (Å²) in [5, 5.41) is 0. The van der Waals surface area contributed by atoms with Crippen LogP contribution in [-0.2, 0) is 28.6 Å². The molecule has 1 heterocycles. The number of carbonyl (C=O) groups is 3. The van der Waals surface area contributed by atoms with Crippen LogP contribution in [0.2, 0.25) is 0 Å². The molecule has 0 aromatic heterocycles. The Morgan fingerprint density at radius 2 is 1.81 bits per heavy atom. The first-order valence-electron chi connectivity index (χ1n) is 8.35. The number of rotatable bonds is 10. The Kier molecular flexibility index (Phi) is 7.88. The average Bonchev–Trinajstić information content (AvgIpc) is 3.12. The Balaban J connectivity index is 1.63. The van der Waals surface area contributed by atoms with Gasteiger partial charge in [-0.05, 0) is 12.1 Å². The van der Waals surface area contributed by atoms with Gasteiger partial charge in [0.15, 0.2) is 6.79 Å². The van der Waals surface area contributed by atoms with E-state index in [2.05, 4.69) is 4.74 Å². The Labute approximate surface area is 152 Å². The second-order valence-electron chi connectivity index (χ2n) is 5.80. The van der Waals surface area contributed by atoms with Crippen LogP contribution in [0.15, 0.2) is 30.3 Å². The van der Waals surface area contributed by atoms with Crippen molar-refractivity contribution in [2.24, 2.45) is 11.8 Å². The number of amides is 1. The van der Waals surface area contributed by atoms with Crippen LogP contribution in [0, 0.1) is 11.8 Å². The molecule has 2 atom stereocenters. The molecule has 2 unspecified atom stereocenters. The van der Waals surface area contributed by atoms with Gasteiger partial charge in [-0.3, -0.25) is 14.4 Å². The highest BCUT2D eigenvalue weighted by Crippen LogP contribution is 2.24. The van der Waals surface area contributed by atoms with Crippen LogP contribution in [0.25, 0.3) is 0 Å². The molecule has 1 fully saturated rings. The van der Waals surface area contributed by atoms with E-state index in [0.29, 0.717) is 26.0 Å². The van der Waals surface area contributed by atoms with E-state index >= 15 is 0 Å². The van der Waals surface area contributed by atoms with Gasteiger partial charge in [0.25, 0.3) is 0 Å². The predicted octanol–water partition coefficient (Wildman–Crippen LogP) is 0.850. The molecule has 8 heteroatoms. The molecule has 0 saturated carbocycles. The molecule has 1 aromatic rings. The number of nitrogens with zero attached hydrogens (tertiary/aromatic N) is 1. The molecule has 0 bridgehead atoms. The van der Waals surface area contributed by atoms with Gasteiger partial charge in [-0.1, -0.05) is 18.2 Å². The van der Waals surface area contributed by atoms with Crippen LogP contribution >= 0.6 is 0 Å². The Hall–Kier alpha value is -2.61. The minimum absolute atomic E-state index is 0.132. The normalized spacial score (nSPS) is 19.0. The SMILES string of the molecule is COC(=O)C1CN(C=O)CC1C(=O)OCOCCCOc1ccccc1. The number of likely N-dealkylation sites (tertiary alicyclic amines) is 1. The van der Waals surface area contributed by atoms with Crippen molar-refractivity contribution >= 4 is 18.3 Å². The lowest BCUT2D eigenvalue weighted by Crippen LogP contribution is -2.31. The van der Waals surface area contributed by atoms with E-state index in [1.807, 2.05) is 30.3 Å². The van der Waals surface area contributed by atoms with Gasteiger partial charge in [0.1, 0.15) is 5.75 Å². The molecule has 2 rings (SSSR count). The molecular weight excluding hydrogens is 342 g/mol. The molecule has 1 aliphatic heterocycles. The molecule has 8 nitrogen and oxygen atoms in total. The number of carbonyl (C=O) groups excluding carboxylic acids is 3. The van der Waals surface area contributed by atoms with Crippen molar-refractivity contribution < 1.29 is 33.3 Å². The summed E-state index contributed by atoms with van der Waals surface area (Å²) in [6.45, 7) is 0.918. The van der Waals surface area contributed by atoms with E-state index in [0.717, 1.165) is 5.75 Å². The van der Waals surface area contributed by atoms with E-state index < -0.39 is 23.8 Å². The number of ether oxygens (including phenoxy) is 4. The lowest BCUT2D eigenvalue weighted by atomic mass is 9.96. The van der Waals surface area contributed by atoms with Crippen LogP contribution in [0.1, 0.15) is 6.42 Å². The summed E-state index contributed by atoms with van der Waals surface area (Å²) in [6, 6.07) is 9.42. The minimum atomic E-state index is -0.738. The average molecular weight is 365 g/mol. The fraction of sp³-hybridized carbons (Fsp3) is 0.500. The predicted molar refractivity (Wildman–Crippen MR) is 90.1 cm³/mol. The standard InChI is InChI=1S/C18H23NO7/c1-23-17(21)15-10-19(12-20)11-16(15)18(22)26-13-24-8-5-9-25-14-6-3-2-4-7-14/h2-4,6-7,12,15-16H,5,8-11,13H2,1H3. The first kappa shape index (κ1) is 19.7. The molecule has 26 heavy (non-hydrogen) atoms. The van der Waals surface area contributed by atoms with Gasteiger partial charge in [-0.15, -0.1) is 0 Å². The van der Waals surface area contributed by atoms with Gasteiger partial charge in [0.2, 0.25) is 6.41 Å². The van der Waals surface area contributed by atoms with Gasteiger partial charge >= 0.3 is 11.9 Å². The van der Waals surface area contributed by atoms with Crippen molar-refractivity contribution in [3.8, 4) is 5.75 Å². The summed E-state index contributed by atoms with van der Waals surface area (Å²) in [7, 11) is 1.24. The van der Waals surface area contributed by atoms with Gasteiger partial charge in [-0.2, -0.15) is 0 Å². The van der Waals surface area contributed by atoms with Crippen molar-refractivity contribution in [2.45, 2.75) is 6.42 Å². The Bertz CT molecular complexity index is 592. The smallest absolute Gasteiger partial charge is 0.313 e. The van der Waals surface area contributed by atoms with E-state index in [9.17, 15) is 14.4 Å². The molecule has 0 N–H and O–H groups in total. The highest BCUT2D eigenvalue weighted by molar-refractivity contribution is 5.83. The van der Waals surface area contributed by atoms with Gasteiger partial charge in [0.05, 0.1) is 32.2 Å². The Morgan fingerprint density at radius 3 is 2.46 bits per heavy atom. The molecule has 0 spiro atoms. The summed E-state index contributed by atoms with van der Waals surface area (Å²) >= 11 is 0. The third-order valence-electron chi connectivity index (χ3n) is 4.03. The van der Waals surface area contributed by atoms with Crippen LogP contribution in [0.5, 0.6) is 5.75 Å². The fourth-order valence-electron chi connectivity index (χ4n) is 2.68. The number of methoxy groups -OCH3 is 1. The highest BCUT2D eigenvalue weighted by Gasteiger charge is 2.43. The van der Waals surface area contributed by atoms with Crippen molar-refractivity contribution in [2.75, 3.05) is 40.2 Å². The fourth-order valence-corrected chi connectivity index (χ4v) is 2.68. The van der Waals surface area contributed by atoms with E-state index in [-0.39, 0.29) is 19.9 Å². The molecule has 1 aromatic carbocycles. The number of hydrogen-bond acceptors (Lipinski definition) is 7. The monoisotopic (exact) mass is 365 g/mol. The van der Waals surface area contributed by atoms with E-state index in [1.54, 1.807) is 0 Å². The van der Waals surface area contributed by atoms with Gasteiger partial charge < -0.3 is 23.8 Å². The van der Waals surface area contributed by atoms with Gasteiger partial charge in [-0.25, -0.2) is 0 Å². The van der Waals surface area contributed by atoms with Crippen LogP contribution in [0.4, 0.5) is 0 Å². The first-order valence-corrected chi connectivity index (χ1v) is 8.35. The summed E-state index contributed by atoms with van der Waals surface area (Å²) in [4.78, 5) is 36.1. The van der Waals surface area contributed by atoms with E-state index in [1.165, 1.54) is 12.0 Å². The van der Waals surface area contributed by atoms with Crippen molar-refractivity contribution in [3.63, 3.8) is 0 Å². The number of hydrogen-bond donors (Lipinski definition) is 0. The molecule has 1 aliphatic rings. The Morgan fingerprint density at radius 1 is 1.12 bits per heavy atom. The minimum Gasteiger partial charge on any atom is -0.494 e. The first-order chi connectivity index (χ1) is 12.7. The van der Waals surface area contributed by atoms with E-state index in [4.69, 9.17) is 14.2 Å². The lowest BCUT2D eigenvalue weighted by molar-refractivity contribution is -0.166. The van der Waals surface area contributed by atoms with Crippen LogP contribution < -0.4 is 4.74 Å². The maximum atomic E-state index is 12.1. The summed E-state index contributed by atoms with van der Waals surface area (Å²) in [5.74, 6) is -1.77. The lowest BCUT2D eigenvalue weighted by Gasteiger charge is -2.15. The molecule has 0 aliphatic carbocycles. The van der Waals surface area contributed by atoms with Crippen molar-refractivity contribution in [1.82, 2.24) is 4.90 Å². The molecule has 1 saturated heterocycles. The summed E-state index contributed by atoms with van der Waals surface area (Å²) in [5.41, 5.74) is 0. The molecule has 1 amide bonds. The number of benzene rings is 1. The van der Waals surface area contributed by atoms with Gasteiger partial charge in [0, 0.05) is 19.5 Å². The number of esters is 2. The quantitative estimate of drug-likeness (QED) is 0.263. The topological polar surface area (TPSA) is 91.4 Å². The largest absolute Gasteiger partial charge is 0.494 e. The maximum absolute atomic E-state index is 12.1. The number of para-hydroxylation sites is 1. The third kappa shape index (κ3) is 5.73. The van der Waals surface area contributed by atoms with Crippen LogP contribution in [-0.4, -0.2) is 63.5 Å². The second kappa shape index (κ2) is 10.4. The van der Waals surface area contributed by atoms with Crippen molar-refractivity contribution in [1.29, 1.82) is 0 Å². The highest BCUT2D eigenvalue weighted by atomic mass is 16.7. The molecular formula is C18H23NO7. The third-order valence-corrected chi connectivity index (χ3v) is 4.03. The molecule has 0 radical (unpaired) electrons. The molecule has 142 valence electrons.